The molecule has 2 heterocycles. The molecule has 1 N–H and O–H groups in total. The number of carbonyl (C=O) groups is 2. The van der Waals surface area contributed by atoms with Gasteiger partial charge in [0.2, 0.25) is 12.7 Å². The zero-order valence-electron chi connectivity index (χ0n) is 19.2. The smallest absolute Gasteiger partial charge is 0.290 e. The van der Waals surface area contributed by atoms with Crippen molar-refractivity contribution in [3.8, 4) is 11.5 Å². The molecule has 1 atom stereocenters. The molecule has 1 saturated carbocycles. The maximum absolute atomic E-state index is 13.7. The first-order valence-electron chi connectivity index (χ1n) is 11.7. The quantitative estimate of drug-likeness (QED) is 0.550. The summed E-state index contributed by atoms with van der Waals surface area (Å²) in [6, 6.07) is 15.9. The van der Waals surface area contributed by atoms with Crippen molar-refractivity contribution in [2.45, 2.75) is 51.2 Å². The van der Waals surface area contributed by atoms with Crippen molar-refractivity contribution in [1.29, 1.82) is 0 Å². The van der Waals surface area contributed by atoms with E-state index in [-0.39, 0.29) is 37.0 Å². The summed E-state index contributed by atoms with van der Waals surface area (Å²) in [7, 11) is 0. The maximum Gasteiger partial charge on any atom is 0.290 e. The summed E-state index contributed by atoms with van der Waals surface area (Å²) < 4.78 is 16.4. The van der Waals surface area contributed by atoms with Gasteiger partial charge in [-0.2, -0.15) is 0 Å². The Morgan fingerprint density at radius 3 is 2.53 bits per heavy atom. The molecule has 0 unspecified atom stereocenters. The van der Waals surface area contributed by atoms with Crippen molar-refractivity contribution in [1.82, 2.24) is 10.2 Å². The Hall–Kier alpha value is -3.74. The summed E-state index contributed by atoms with van der Waals surface area (Å²) in [5, 5.41) is 3.19. The van der Waals surface area contributed by atoms with Gasteiger partial charge in [-0.1, -0.05) is 48.7 Å². The predicted octanol–water partition coefficient (Wildman–Crippen LogP) is 4.76. The van der Waals surface area contributed by atoms with Crippen LogP contribution in [0.5, 0.6) is 11.5 Å². The van der Waals surface area contributed by atoms with E-state index >= 15 is 0 Å². The first kappa shape index (κ1) is 22.1. The lowest BCUT2D eigenvalue weighted by atomic mass is 10.0. The molecule has 5 rings (SSSR count). The van der Waals surface area contributed by atoms with Crippen molar-refractivity contribution in [2.75, 3.05) is 6.79 Å². The number of fused-ring (bicyclic) bond motifs is 1. The molecule has 7 heteroatoms. The first-order valence-corrected chi connectivity index (χ1v) is 11.7. The molecular formula is C27H28N2O5. The molecule has 1 aliphatic heterocycles. The van der Waals surface area contributed by atoms with Crippen LogP contribution in [0.1, 0.15) is 59.0 Å². The highest BCUT2D eigenvalue weighted by molar-refractivity contribution is 5.96. The SMILES string of the molecule is Cc1ccc([C@H](C(=O)NC2CCCC2)N(Cc2ccc3c(c2)OCO3)C(=O)c2ccco2)cc1. The van der Waals surface area contributed by atoms with Crippen LogP contribution in [0.15, 0.2) is 65.3 Å². The summed E-state index contributed by atoms with van der Waals surface area (Å²) in [5.41, 5.74) is 2.66. The maximum atomic E-state index is 13.7. The molecule has 0 bridgehead atoms. The van der Waals surface area contributed by atoms with E-state index in [1.165, 1.54) is 6.26 Å². The number of aryl methyl sites for hydroxylation is 1. The highest BCUT2D eigenvalue weighted by Gasteiger charge is 2.35. The van der Waals surface area contributed by atoms with Crippen LogP contribution in [0, 0.1) is 6.92 Å². The topological polar surface area (TPSA) is 81.0 Å². The van der Waals surface area contributed by atoms with E-state index in [0.29, 0.717) is 11.5 Å². The van der Waals surface area contributed by atoms with E-state index in [1.807, 2.05) is 49.4 Å². The van der Waals surface area contributed by atoms with Crippen LogP contribution >= 0.6 is 0 Å². The lowest BCUT2D eigenvalue weighted by Crippen LogP contribution is -2.45. The van der Waals surface area contributed by atoms with Gasteiger partial charge >= 0.3 is 0 Å². The highest BCUT2D eigenvalue weighted by Crippen LogP contribution is 2.34. The van der Waals surface area contributed by atoms with Gasteiger partial charge in [0, 0.05) is 12.6 Å². The first-order chi connectivity index (χ1) is 16.6. The second-order valence-electron chi connectivity index (χ2n) is 8.90. The van der Waals surface area contributed by atoms with Crippen molar-refractivity contribution >= 4 is 11.8 Å². The van der Waals surface area contributed by atoms with Gasteiger partial charge in [0.05, 0.1) is 6.26 Å². The standard InChI is InChI=1S/C27H28N2O5/c1-18-8-11-20(12-9-18)25(26(30)28-21-5-2-3-6-21)29(27(31)23-7-4-14-32-23)16-19-10-13-22-24(15-19)34-17-33-22/h4,7-15,21,25H,2-3,5-6,16-17H2,1H3,(H,28,30)/t25-/m1/s1. The molecule has 2 amide bonds. The summed E-state index contributed by atoms with van der Waals surface area (Å²) in [6.07, 6.45) is 5.59. The van der Waals surface area contributed by atoms with E-state index in [1.54, 1.807) is 17.0 Å². The average Bonchev–Trinajstić information content (AvgIpc) is 3.62. The van der Waals surface area contributed by atoms with Crippen molar-refractivity contribution < 1.29 is 23.5 Å². The molecule has 1 aromatic heterocycles. The van der Waals surface area contributed by atoms with Gasteiger partial charge in [-0.05, 0) is 55.2 Å². The van der Waals surface area contributed by atoms with Gasteiger partial charge in [-0.15, -0.1) is 0 Å². The molecule has 1 aliphatic carbocycles. The molecule has 3 aromatic rings. The number of carbonyl (C=O) groups excluding carboxylic acids is 2. The zero-order valence-corrected chi connectivity index (χ0v) is 19.2. The minimum absolute atomic E-state index is 0.131. The molecule has 2 aromatic carbocycles. The Morgan fingerprint density at radius 2 is 1.79 bits per heavy atom. The molecule has 0 radical (unpaired) electrons. The van der Waals surface area contributed by atoms with Crippen LogP contribution in [0.3, 0.4) is 0 Å². The Labute approximate surface area is 198 Å². The third-order valence-electron chi connectivity index (χ3n) is 6.44. The zero-order chi connectivity index (χ0) is 23.5. The van der Waals surface area contributed by atoms with E-state index in [9.17, 15) is 9.59 Å². The van der Waals surface area contributed by atoms with Gasteiger partial charge in [0.1, 0.15) is 6.04 Å². The van der Waals surface area contributed by atoms with Crippen LogP contribution < -0.4 is 14.8 Å². The minimum Gasteiger partial charge on any atom is -0.459 e. The van der Waals surface area contributed by atoms with E-state index in [4.69, 9.17) is 13.9 Å². The van der Waals surface area contributed by atoms with Crippen LogP contribution in [0.2, 0.25) is 0 Å². The fourth-order valence-corrected chi connectivity index (χ4v) is 4.63. The lowest BCUT2D eigenvalue weighted by molar-refractivity contribution is -0.126. The fraction of sp³-hybridized carbons (Fsp3) is 0.333. The van der Waals surface area contributed by atoms with Crippen LogP contribution in [0.4, 0.5) is 0 Å². The van der Waals surface area contributed by atoms with Crippen LogP contribution in [-0.2, 0) is 11.3 Å². The normalized spacial score (nSPS) is 15.8. The molecule has 34 heavy (non-hydrogen) atoms. The Balaban J connectivity index is 1.53. The molecule has 0 spiro atoms. The molecular weight excluding hydrogens is 432 g/mol. The van der Waals surface area contributed by atoms with Gasteiger partial charge in [-0.3, -0.25) is 9.59 Å². The van der Waals surface area contributed by atoms with Crippen molar-refractivity contribution in [3.05, 3.63) is 83.3 Å². The molecule has 2 aliphatic rings. The number of nitrogens with zero attached hydrogens (tertiary/aromatic N) is 1. The Morgan fingerprint density at radius 1 is 1.03 bits per heavy atom. The summed E-state index contributed by atoms with van der Waals surface area (Å²) in [4.78, 5) is 28.9. The molecule has 0 saturated heterocycles. The fourth-order valence-electron chi connectivity index (χ4n) is 4.63. The van der Waals surface area contributed by atoms with Gasteiger partial charge in [-0.25, -0.2) is 0 Å². The number of furan rings is 1. The number of ether oxygens (including phenoxy) is 2. The van der Waals surface area contributed by atoms with E-state index in [2.05, 4.69) is 5.32 Å². The molecule has 7 nitrogen and oxygen atoms in total. The van der Waals surface area contributed by atoms with E-state index in [0.717, 1.165) is 42.4 Å². The Kier molecular flexibility index (Phi) is 6.25. The largest absolute Gasteiger partial charge is 0.459 e. The number of benzene rings is 2. The molecule has 176 valence electrons. The minimum atomic E-state index is -0.816. The van der Waals surface area contributed by atoms with Gasteiger partial charge in [0.25, 0.3) is 5.91 Å². The molecule has 1 fully saturated rings. The van der Waals surface area contributed by atoms with Gasteiger partial charge < -0.3 is 24.1 Å². The summed E-state index contributed by atoms with van der Waals surface area (Å²) in [6.45, 7) is 2.37. The average molecular weight is 461 g/mol. The summed E-state index contributed by atoms with van der Waals surface area (Å²) >= 11 is 0. The Bertz CT molecular complexity index is 1150. The number of rotatable bonds is 7. The van der Waals surface area contributed by atoms with Crippen molar-refractivity contribution in [3.63, 3.8) is 0 Å². The number of hydrogen-bond donors (Lipinski definition) is 1. The highest BCUT2D eigenvalue weighted by atomic mass is 16.7. The third kappa shape index (κ3) is 4.64. The summed E-state index contributed by atoms with van der Waals surface area (Å²) in [5.74, 6) is 0.949. The third-order valence-corrected chi connectivity index (χ3v) is 6.44. The predicted molar refractivity (Wildman–Crippen MR) is 125 cm³/mol. The van der Waals surface area contributed by atoms with E-state index < -0.39 is 6.04 Å². The second kappa shape index (κ2) is 9.63. The van der Waals surface area contributed by atoms with Crippen LogP contribution in [-0.4, -0.2) is 29.5 Å². The number of hydrogen-bond acceptors (Lipinski definition) is 5. The number of amides is 2. The van der Waals surface area contributed by atoms with Gasteiger partial charge in [0.15, 0.2) is 17.3 Å². The lowest BCUT2D eigenvalue weighted by Gasteiger charge is -2.32. The van der Waals surface area contributed by atoms with Crippen molar-refractivity contribution in [2.24, 2.45) is 0 Å². The second-order valence-corrected chi connectivity index (χ2v) is 8.90. The monoisotopic (exact) mass is 460 g/mol. The number of nitrogens with one attached hydrogen (secondary N) is 1. The van der Waals surface area contributed by atoms with Crippen LogP contribution in [0.25, 0.3) is 0 Å².